The number of nitrogens with zero attached hydrogens (tertiary/aromatic N) is 2. The summed E-state index contributed by atoms with van der Waals surface area (Å²) in [6.45, 7) is 12.3. The van der Waals surface area contributed by atoms with Gasteiger partial charge < -0.3 is 19.3 Å². The van der Waals surface area contributed by atoms with Crippen molar-refractivity contribution in [3.8, 4) is 0 Å². The number of carbonyl (C=O) groups is 2. The zero-order valence-electron chi connectivity index (χ0n) is 23.5. The minimum Gasteiger partial charge on any atom is -0.453 e. The van der Waals surface area contributed by atoms with Crippen LogP contribution in [0.4, 0.5) is 35.9 Å². The zero-order chi connectivity index (χ0) is 30.1. The third-order valence-corrected chi connectivity index (χ3v) is 6.74. The van der Waals surface area contributed by atoms with Crippen molar-refractivity contribution in [3.05, 3.63) is 34.9 Å². The fourth-order valence-corrected chi connectivity index (χ4v) is 4.92. The predicted octanol–water partition coefficient (Wildman–Crippen LogP) is 7.74. The van der Waals surface area contributed by atoms with Crippen molar-refractivity contribution in [1.82, 2.24) is 9.80 Å². The summed E-state index contributed by atoms with van der Waals surface area (Å²) < 4.78 is 91.2. The van der Waals surface area contributed by atoms with Crippen molar-refractivity contribution in [2.75, 3.05) is 7.11 Å². The first kappa shape index (κ1) is 32.6. The maximum atomic E-state index is 13.4. The Morgan fingerprint density at radius 1 is 0.897 bits per heavy atom. The maximum Gasteiger partial charge on any atom is 0.416 e. The van der Waals surface area contributed by atoms with Gasteiger partial charge in [0, 0.05) is 24.7 Å². The number of methoxy groups -OCH3 is 1. The Morgan fingerprint density at radius 2 is 1.33 bits per heavy atom. The lowest BCUT2D eigenvalue weighted by atomic mass is 9.81. The molecule has 0 N–H and O–H groups in total. The van der Waals surface area contributed by atoms with Crippen molar-refractivity contribution in [3.63, 3.8) is 0 Å². The highest BCUT2D eigenvalue weighted by Gasteiger charge is 2.45. The molecule has 1 aliphatic heterocycles. The van der Waals surface area contributed by atoms with Crippen LogP contribution in [0.2, 0.25) is 0 Å². The molecule has 1 aliphatic rings. The van der Waals surface area contributed by atoms with Crippen LogP contribution in [0.25, 0.3) is 0 Å². The Balaban J connectivity index is 2.54. The summed E-state index contributed by atoms with van der Waals surface area (Å²) in [4.78, 5) is 29.0. The minimum atomic E-state index is -5.02. The highest BCUT2D eigenvalue weighted by molar-refractivity contribution is 5.70. The van der Waals surface area contributed by atoms with Crippen LogP contribution >= 0.6 is 0 Å². The fraction of sp³-hybridized carbons (Fsp3) is 0.704. The average Bonchev–Trinajstić information content (AvgIpc) is 2.78. The molecule has 1 aromatic rings. The summed E-state index contributed by atoms with van der Waals surface area (Å²) >= 11 is 0. The molecule has 2 amide bonds. The first-order valence-electron chi connectivity index (χ1n) is 12.8. The SMILES string of the molecule is COC(=O)N(Cc1cc(C(F)(F)F)cc(C(F)(F)F)c1)C1C[C@@H](C(C)C)N(C(=O)OC(C)(C)C)[C@H](C(C)C)C1. The largest absolute Gasteiger partial charge is 0.453 e. The number of amides is 2. The van der Waals surface area contributed by atoms with Crippen LogP contribution in [-0.4, -0.2) is 52.8 Å². The summed E-state index contributed by atoms with van der Waals surface area (Å²) in [5.41, 5.74) is -4.01. The van der Waals surface area contributed by atoms with E-state index >= 15 is 0 Å². The van der Waals surface area contributed by atoms with Crippen molar-refractivity contribution in [1.29, 1.82) is 0 Å². The lowest BCUT2D eigenvalue weighted by Crippen LogP contribution is -2.61. The second-order valence-corrected chi connectivity index (χ2v) is 11.6. The van der Waals surface area contributed by atoms with Gasteiger partial charge in [0.2, 0.25) is 0 Å². The molecule has 1 fully saturated rings. The second-order valence-electron chi connectivity index (χ2n) is 11.6. The van der Waals surface area contributed by atoms with E-state index in [-0.39, 0.29) is 36.3 Å². The van der Waals surface area contributed by atoms with Gasteiger partial charge in [0.05, 0.1) is 18.2 Å². The molecule has 1 saturated heterocycles. The van der Waals surface area contributed by atoms with Crippen LogP contribution in [-0.2, 0) is 28.4 Å². The molecular formula is C27H38F6N2O4. The number of ether oxygens (including phenoxy) is 2. The van der Waals surface area contributed by atoms with E-state index in [4.69, 9.17) is 9.47 Å². The van der Waals surface area contributed by atoms with Crippen LogP contribution in [0.5, 0.6) is 0 Å². The summed E-state index contributed by atoms with van der Waals surface area (Å²) in [6, 6.07) is -0.174. The Morgan fingerprint density at radius 3 is 1.67 bits per heavy atom. The Bertz CT molecular complexity index is 967. The normalized spacial score (nSPS) is 20.8. The number of piperidine rings is 1. The molecule has 12 heteroatoms. The molecule has 0 aromatic heterocycles. The van der Waals surface area contributed by atoms with Crippen LogP contribution in [0.15, 0.2) is 18.2 Å². The van der Waals surface area contributed by atoms with E-state index in [1.54, 1.807) is 25.7 Å². The molecule has 1 aromatic carbocycles. The molecule has 39 heavy (non-hydrogen) atoms. The van der Waals surface area contributed by atoms with Gasteiger partial charge in [0.25, 0.3) is 0 Å². The molecule has 222 valence electrons. The van der Waals surface area contributed by atoms with Gasteiger partial charge in [-0.25, -0.2) is 9.59 Å². The number of hydrogen-bond acceptors (Lipinski definition) is 4. The second kappa shape index (κ2) is 11.8. The summed E-state index contributed by atoms with van der Waals surface area (Å²) in [5.74, 6) is -0.182. The van der Waals surface area contributed by atoms with E-state index < -0.39 is 65.9 Å². The van der Waals surface area contributed by atoms with Gasteiger partial charge in [-0.1, -0.05) is 27.7 Å². The van der Waals surface area contributed by atoms with E-state index in [9.17, 15) is 35.9 Å². The lowest BCUT2D eigenvalue weighted by molar-refractivity contribution is -0.143. The summed E-state index contributed by atoms with van der Waals surface area (Å²) in [7, 11) is 1.10. The zero-order valence-corrected chi connectivity index (χ0v) is 23.5. The molecule has 1 heterocycles. The van der Waals surface area contributed by atoms with E-state index in [1.165, 1.54) is 0 Å². The molecular weight excluding hydrogens is 530 g/mol. The van der Waals surface area contributed by atoms with Gasteiger partial charge in [-0.3, -0.25) is 0 Å². The number of rotatable bonds is 5. The lowest BCUT2D eigenvalue weighted by Gasteiger charge is -2.50. The molecule has 0 radical (unpaired) electrons. The quantitative estimate of drug-likeness (QED) is 0.341. The third-order valence-electron chi connectivity index (χ3n) is 6.74. The number of likely N-dealkylation sites (tertiary alicyclic amines) is 1. The van der Waals surface area contributed by atoms with Crippen LogP contribution < -0.4 is 0 Å². The monoisotopic (exact) mass is 568 g/mol. The first-order chi connectivity index (χ1) is 17.7. The van der Waals surface area contributed by atoms with Gasteiger partial charge in [-0.15, -0.1) is 0 Å². The van der Waals surface area contributed by atoms with Gasteiger partial charge in [-0.05, 0) is 69.2 Å². The molecule has 0 unspecified atom stereocenters. The third kappa shape index (κ3) is 8.41. The smallest absolute Gasteiger partial charge is 0.416 e. The number of benzene rings is 1. The molecule has 2 rings (SSSR count). The molecule has 0 spiro atoms. The van der Waals surface area contributed by atoms with Crippen LogP contribution in [0.1, 0.15) is 78.0 Å². The fourth-order valence-electron chi connectivity index (χ4n) is 4.92. The Hall–Kier alpha value is -2.66. The van der Waals surface area contributed by atoms with E-state index in [2.05, 4.69) is 0 Å². The number of halogens is 6. The minimum absolute atomic E-state index is 0.0505. The molecule has 0 aliphatic carbocycles. The van der Waals surface area contributed by atoms with Gasteiger partial charge in [-0.2, -0.15) is 26.3 Å². The van der Waals surface area contributed by atoms with E-state index in [1.807, 2.05) is 27.7 Å². The number of carbonyl (C=O) groups excluding carboxylic acids is 2. The van der Waals surface area contributed by atoms with Gasteiger partial charge >= 0.3 is 24.5 Å². The molecule has 0 saturated carbocycles. The van der Waals surface area contributed by atoms with Crippen molar-refractivity contribution in [2.24, 2.45) is 11.8 Å². The molecule has 0 bridgehead atoms. The van der Waals surface area contributed by atoms with Gasteiger partial charge in [0.15, 0.2) is 0 Å². The number of alkyl halides is 6. The number of hydrogen-bond donors (Lipinski definition) is 0. The summed E-state index contributed by atoms with van der Waals surface area (Å²) in [6.07, 6.45) is -11.0. The van der Waals surface area contributed by atoms with E-state index in [0.29, 0.717) is 12.1 Å². The topological polar surface area (TPSA) is 59.1 Å². The highest BCUT2D eigenvalue weighted by Crippen LogP contribution is 2.39. The molecule has 2 atom stereocenters. The predicted molar refractivity (Wildman–Crippen MR) is 133 cm³/mol. The average molecular weight is 569 g/mol. The first-order valence-corrected chi connectivity index (χ1v) is 12.8. The Kier molecular flexibility index (Phi) is 9.88. The molecule has 6 nitrogen and oxygen atoms in total. The van der Waals surface area contributed by atoms with Crippen LogP contribution in [0.3, 0.4) is 0 Å². The highest BCUT2D eigenvalue weighted by atomic mass is 19.4. The maximum absolute atomic E-state index is 13.4. The standard InChI is InChI=1S/C27H38F6N2O4/c1-15(2)21-12-20(13-22(16(3)4)35(21)24(37)39-25(5,6)7)34(23(36)38-8)14-17-9-18(26(28,29)30)11-19(10-17)27(31,32)33/h9-11,15-16,20-22H,12-14H2,1-8H3/t21-,22-/m0/s1. The Labute approximate surface area is 225 Å². The van der Waals surface area contributed by atoms with Gasteiger partial charge in [0.1, 0.15) is 5.60 Å². The summed E-state index contributed by atoms with van der Waals surface area (Å²) in [5, 5.41) is 0. The van der Waals surface area contributed by atoms with Crippen molar-refractivity contribution >= 4 is 12.2 Å². The van der Waals surface area contributed by atoms with Crippen molar-refractivity contribution in [2.45, 2.75) is 104 Å². The van der Waals surface area contributed by atoms with E-state index in [0.717, 1.165) is 12.0 Å². The van der Waals surface area contributed by atoms with Crippen LogP contribution in [0, 0.1) is 11.8 Å². The van der Waals surface area contributed by atoms with Crippen molar-refractivity contribution < 1.29 is 45.4 Å².